The zero-order valence-electron chi connectivity index (χ0n) is 7.26. The van der Waals surface area contributed by atoms with Crippen molar-refractivity contribution in [3.05, 3.63) is 0 Å². The first kappa shape index (κ1) is 8.72. The van der Waals surface area contributed by atoms with Gasteiger partial charge in [-0.1, -0.05) is 13.8 Å². The summed E-state index contributed by atoms with van der Waals surface area (Å²) in [7, 11) is 0. The molecule has 64 valence electrons. The SMILES string of the molecule is CC[C@@]1(C)C(=O)CCC[C@@H]1O. The van der Waals surface area contributed by atoms with Crippen LogP contribution in [0.5, 0.6) is 0 Å². The predicted molar refractivity (Wildman–Crippen MR) is 43.3 cm³/mol. The molecule has 1 N–H and O–H groups in total. The van der Waals surface area contributed by atoms with Crippen molar-refractivity contribution >= 4 is 5.78 Å². The van der Waals surface area contributed by atoms with Gasteiger partial charge in [-0.3, -0.25) is 4.79 Å². The Morgan fingerprint density at radius 2 is 2.36 bits per heavy atom. The maximum atomic E-state index is 11.4. The van der Waals surface area contributed by atoms with Crippen molar-refractivity contribution in [2.45, 2.75) is 45.6 Å². The molecule has 1 saturated carbocycles. The number of carbonyl (C=O) groups is 1. The second kappa shape index (κ2) is 2.94. The summed E-state index contributed by atoms with van der Waals surface area (Å²) in [5.41, 5.74) is -0.446. The third kappa shape index (κ3) is 1.32. The van der Waals surface area contributed by atoms with E-state index in [1.165, 1.54) is 0 Å². The highest BCUT2D eigenvalue weighted by atomic mass is 16.3. The Balaban J connectivity index is 2.77. The van der Waals surface area contributed by atoms with Crippen LogP contribution < -0.4 is 0 Å². The number of hydrogen-bond acceptors (Lipinski definition) is 2. The Morgan fingerprint density at radius 1 is 1.73 bits per heavy atom. The van der Waals surface area contributed by atoms with Crippen molar-refractivity contribution in [2.75, 3.05) is 0 Å². The maximum absolute atomic E-state index is 11.4. The lowest BCUT2D eigenvalue weighted by Gasteiger charge is -2.35. The van der Waals surface area contributed by atoms with E-state index in [0.29, 0.717) is 6.42 Å². The summed E-state index contributed by atoms with van der Waals surface area (Å²) >= 11 is 0. The van der Waals surface area contributed by atoms with Crippen LogP contribution in [-0.2, 0) is 4.79 Å². The van der Waals surface area contributed by atoms with Crippen LogP contribution in [0.2, 0.25) is 0 Å². The van der Waals surface area contributed by atoms with Crippen LogP contribution in [0.25, 0.3) is 0 Å². The molecule has 2 nitrogen and oxygen atoms in total. The number of aliphatic hydroxyl groups is 1. The molecule has 0 radical (unpaired) electrons. The molecular formula is C9H16O2. The Labute approximate surface area is 67.6 Å². The molecule has 0 spiro atoms. The van der Waals surface area contributed by atoms with Crippen molar-refractivity contribution in [1.29, 1.82) is 0 Å². The zero-order chi connectivity index (χ0) is 8.48. The van der Waals surface area contributed by atoms with Crippen LogP contribution in [0.3, 0.4) is 0 Å². The van der Waals surface area contributed by atoms with Crippen molar-refractivity contribution in [2.24, 2.45) is 5.41 Å². The van der Waals surface area contributed by atoms with Gasteiger partial charge in [0.1, 0.15) is 5.78 Å². The number of carbonyl (C=O) groups excluding carboxylic acids is 1. The van der Waals surface area contributed by atoms with Crippen LogP contribution >= 0.6 is 0 Å². The molecule has 0 saturated heterocycles. The third-order valence-corrected chi connectivity index (χ3v) is 2.99. The molecule has 0 bridgehead atoms. The van der Waals surface area contributed by atoms with Crippen molar-refractivity contribution in [3.8, 4) is 0 Å². The Hall–Kier alpha value is -0.370. The van der Waals surface area contributed by atoms with Crippen LogP contribution in [0, 0.1) is 5.41 Å². The minimum absolute atomic E-state index is 0.235. The lowest BCUT2D eigenvalue weighted by Crippen LogP contribution is -2.42. The largest absolute Gasteiger partial charge is 0.392 e. The van der Waals surface area contributed by atoms with Gasteiger partial charge in [-0.2, -0.15) is 0 Å². The Morgan fingerprint density at radius 3 is 2.73 bits per heavy atom. The van der Waals surface area contributed by atoms with Crippen molar-refractivity contribution in [3.63, 3.8) is 0 Å². The molecular weight excluding hydrogens is 140 g/mol. The van der Waals surface area contributed by atoms with E-state index in [2.05, 4.69) is 0 Å². The summed E-state index contributed by atoms with van der Waals surface area (Å²) in [6.07, 6.45) is 2.65. The molecule has 0 aliphatic heterocycles. The van der Waals surface area contributed by atoms with E-state index >= 15 is 0 Å². The van der Waals surface area contributed by atoms with E-state index in [9.17, 15) is 9.90 Å². The van der Waals surface area contributed by atoms with Crippen molar-refractivity contribution in [1.82, 2.24) is 0 Å². The summed E-state index contributed by atoms with van der Waals surface area (Å²) in [5.74, 6) is 0.235. The number of rotatable bonds is 1. The molecule has 1 fully saturated rings. The third-order valence-electron chi connectivity index (χ3n) is 2.99. The highest BCUT2D eigenvalue weighted by molar-refractivity contribution is 5.85. The van der Waals surface area contributed by atoms with Gasteiger partial charge in [-0.15, -0.1) is 0 Å². The van der Waals surface area contributed by atoms with Crippen molar-refractivity contribution < 1.29 is 9.90 Å². The minimum atomic E-state index is -0.446. The monoisotopic (exact) mass is 156 g/mol. The zero-order valence-corrected chi connectivity index (χ0v) is 7.26. The molecule has 0 aromatic carbocycles. The smallest absolute Gasteiger partial charge is 0.141 e. The van der Waals surface area contributed by atoms with Gasteiger partial charge in [-0.05, 0) is 19.3 Å². The molecule has 0 amide bonds. The molecule has 0 aromatic rings. The topological polar surface area (TPSA) is 37.3 Å². The van der Waals surface area contributed by atoms with Gasteiger partial charge >= 0.3 is 0 Å². The summed E-state index contributed by atoms with van der Waals surface area (Å²) in [5, 5.41) is 9.58. The Kier molecular flexibility index (Phi) is 2.33. The first-order valence-corrected chi connectivity index (χ1v) is 4.32. The van der Waals surface area contributed by atoms with Crippen LogP contribution in [0.15, 0.2) is 0 Å². The average Bonchev–Trinajstić information content (AvgIpc) is 2.00. The first-order chi connectivity index (χ1) is 5.11. The fourth-order valence-corrected chi connectivity index (χ4v) is 1.68. The van der Waals surface area contributed by atoms with Crippen LogP contribution in [0.1, 0.15) is 39.5 Å². The first-order valence-electron chi connectivity index (χ1n) is 4.32. The fourth-order valence-electron chi connectivity index (χ4n) is 1.68. The lowest BCUT2D eigenvalue weighted by molar-refractivity contribution is -0.138. The quantitative estimate of drug-likeness (QED) is 0.625. The van der Waals surface area contributed by atoms with E-state index < -0.39 is 11.5 Å². The molecule has 0 aromatic heterocycles. The number of hydrogen-bond donors (Lipinski definition) is 1. The van der Waals surface area contributed by atoms with E-state index in [-0.39, 0.29) is 5.78 Å². The van der Waals surface area contributed by atoms with E-state index in [1.54, 1.807) is 0 Å². The van der Waals surface area contributed by atoms with Gasteiger partial charge in [-0.25, -0.2) is 0 Å². The highest BCUT2D eigenvalue weighted by Gasteiger charge is 2.40. The van der Waals surface area contributed by atoms with E-state index in [1.807, 2.05) is 13.8 Å². The second-order valence-electron chi connectivity index (χ2n) is 3.60. The highest BCUT2D eigenvalue weighted by Crippen LogP contribution is 2.35. The molecule has 2 heteroatoms. The van der Waals surface area contributed by atoms with Crippen LogP contribution in [0.4, 0.5) is 0 Å². The molecule has 0 heterocycles. The molecule has 11 heavy (non-hydrogen) atoms. The summed E-state index contributed by atoms with van der Waals surface area (Å²) in [6.45, 7) is 3.84. The molecule has 1 aliphatic carbocycles. The van der Waals surface area contributed by atoms with Crippen LogP contribution in [-0.4, -0.2) is 17.0 Å². The predicted octanol–water partition coefficient (Wildman–Crippen LogP) is 1.52. The fraction of sp³-hybridized carbons (Fsp3) is 0.889. The minimum Gasteiger partial charge on any atom is -0.392 e. The van der Waals surface area contributed by atoms with E-state index in [4.69, 9.17) is 0 Å². The number of Topliss-reactive ketones (excluding diaryl/α,β-unsaturated/α-hetero) is 1. The summed E-state index contributed by atoms with van der Waals surface area (Å²) in [6, 6.07) is 0. The van der Waals surface area contributed by atoms with Gasteiger partial charge in [0, 0.05) is 6.42 Å². The molecule has 1 aliphatic rings. The second-order valence-corrected chi connectivity index (χ2v) is 3.60. The maximum Gasteiger partial charge on any atom is 0.141 e. The lowest BCUT2D eigenvalue weighted by atomic mass is 9.71. The number of ketones is 1. The molecule has 1 rings (SSSR count). The standard InChI is InChI=1S/C9H16O2/c1-3-9(2)7(10)5-4-6-8(9)11/h7,10H,3-6H2,1-2H3/t7-,9+/m0/s1. The molecule has 0 unspecified atom stereocenters. The van der Waals surface area contributed by atoms with Gasteiger partial charge in [0.2, 0.25) is 0 Å². The van der Waals surface area contributed by atoms with Gasteiger partial charge in [0.05, 0.1) is 11.5 Å². The molecule has 2 atom stereocenters. The van der Waals surface area contributed by atoms with Gasteiger partial charge in [0.15, 0.2) is 0 Å². The normalized spacial score (nSPS) is 39.2. The Bertz CT molecular complexity index is 165. The number of aliphatic hydroxyl groups excluding tert-OH is 1. The average molecular weight is 156 g/mol. The van der Waals surface area contributed by atoms with E-state index in [0.717, 1.165) is 19.3 Å². The van der Waals surface area contributed by atoms with Gasteiger partial charge < -0.3 is 5.11 Å². The van der Waals surface area contributed by atoms with Gasteiger partial charge in [0.25, 0.3) is 0 Å². The summed E-state index contributed by atoms with van der Waals surface area (Å²) < 4.78 is 0. The summed E-state index contributed by atoms with van der Waals surface area (Å²) in [4.78, 5) is 11.4.